The van der Waals surface area contributed by atoms with Crippen molar-refractivity contribution in [3.05, 3.63) is 66.0 Å². The Morgan fingerprint density at radius 3 is 2.60 bits per heavy atom. The van der Waals surface area contributed by atoms with Gasteiger partial charge >= 0.3 is 0 Å². The largest absolute Gasteiger partial charge is 0.278 e. The molecule has 100 valence electrons. The van der Waals surface area contributed by atoms with Crippen LogP contribution in [0.15, 0.2) is 54.9 Å². The van der Waals surface area contributed by atoms with E-state index < -0.39 is 0 Å². The predicted octanol–water partition coefficient (Wildman–Crippen LogP) is 2.12. The summed E-state index contributed by atoms with van der Waals surface area (Å²) in [5.41, 5.74) is 1.77. The Labute approximate surface area is 117 Å². The molecule has 20 heavy (non-hydrogen) atoms. The van der Waals surface area contributed by atoms with Crippen molar-refractivity contribution in [1.82, 2.24) is 9.88 Å². The third kappa shape index (κ3) is 2.32. The van der Waals surface area contributed by atoms with Crippen LogP contribution in [0.25, 0.3) is 0 Å². The van der Waals surface area contributed by atoms with Crippen molar-refractivity contribution in [2.75, 3.05) is 0 Å². The summed E-state index contributed by atoms with van der Waals surface area (Å²) in [5.74, 6) is -0.585. The van der Waals surface area contributed by atoms with Crippen LogP contribution in [0.1, 0.15) is 23.5 Å². The molecule has 1 aliphatic rings. The average Bonchev–Trinajstić information content (AvgIpc) is 2.77. The SMILES string of the molecule is O=C1CC(c2ccccc2)C(=O)N1Cc1cccnc1. The molecule has 3 rings (SSSR count). The predicted molar refractivity (Wildman–Crippen MR) is 73.6 cm³/mol. The van der Waals surface area contributed by atoms with Crippen molar-refractivity contribution in [3.63, 3.8) is 0 Å². The van der Waals surface area contributed by atoms with Crippen LogP contribution in [-0.4, -0.2) is 21.7 Å². The number of imide groups is 1. The van der Waals surface area contributed by atoms with Crippen molar-refractivity contribution >= 4 is 11.8 Å². The van der Waals surface area contributed by atoms with Crippen LogP contribution in [0.2, 0.25) is 0 Å². The molecule has 2 amide bonds. The lowest BCUT2D eigenvalue weighted by molar-refractivity contribution is -0.139. The summed E-state index contributed by atoms with van der Waals surface area (Å²) in [7, 11) is 0. The van der Waals surface area contributed by atoms with E-state index in [0.717, 1.165) is 11.1 Å². The van der Waals surface area contributed by atoms with E-state index >= 15 is 0 Å². The lowest BCUT2D eigenvalue weighted by Crippen LogP contribution is -2.29. The van der Waals surface area contributed by atoms with Crippen molar-refractivity contribution in [2.45, 2.75) is 18.9 Å². The number of hydrogen-bond acceptors (Lipinski definition) is 3. The first kappa shape index (κ1) is 12.5. The zero-order valence-corrected chi connectivity index (χ0v) is 10.9. The lowest BCUT2D eigenvalue weighted by Gasteiger charge is -2.14. The fourth-order valence-electron chi connectivity index (χ4n) is 2.47. The van der Waals surface area contributed by atoms with Gasteiger partial charge in [-0.2, -0.15) is 0 Å². The third-order valence-corrected chi connectivity index (χ3v) is 3.51. The number of rotatable bonds is 3. The number of hydrogen-bond donors (Lipinski definition) is 0. The minimum Gasteiger partial charge on any atom is -0.278 e. The number of pyridine rings is 1. The Kier molecular flexibility index (Phi) is 3.29. The van der Waals surface area contributed by atoms with Gasteiger partial charge in [0.05, 0.1) is 12.5 Å². The molecule has 1 aromatic carbocycles. The second-order valence-electron chi connectivity index (χ2n) is 4.85. The van der Waals surface area contributed by atoms with Crippen molar-refractivity contribution in [2.24, 2.45) is 0 Å². The Balaban J connectivity index is 1.81. The lowest BCUT2D eigenvalue weighted by atomic mass is 9.98. The van der Waals surface area contributed by atoms with Crippen LogP contribution in [0.4, 0.5) is 0 Å². The summed E-state index contributed by atoms with van der Waals surface area (Å²) >= 11 is 0. The smallest absolute Gasteiger partial charge is 0.237 e. The van der Waals surface area contributed by atoms with Gasteiger partial charge in [0.2, 0.25) is 11.8 Å². The number of carbonyl (C=O) groups is 2. The van der Waals surface area contributed by atoms with Crippen LogP contribution >= 0.6 is 0 Å². The first-order chi connectivity index (χ1) is 9.75. The average molecular weight is 266 g/mol. The first-order valence-electron chi connectivity index (χ1n) is 6.54. The van der Waals surface area contributed by atoms with E-state index in [-0.39, 0.29) is 24.2 Å². The summed E-state index contributed by atoms with van der Waals surface area (Å²) < 4.78 is 0. The van der Waals surface area contributed by atoms with Crippen LogP contribution in [0.3, 0.4) is 0 Å². The maximum absolute atomic E-state index is 12.4. The molecule has 0 radical (unpaired) electrons. The number of nitrogens with zero attached hydrogens (tertiary/aromatic N) is 2. The van der Waals surface area contributed by atoms with Gasteiger partial charge < -0.3 is 0 Å². The van der Waals surface area contributed by atoms with Crippen molar-refractivity contribution in [3.8, 4) is 0 Å². The molecule has 0 bridgehead atoms. The summed E-state index contributed by atoms with van der Waals surface area (Å²) in [6.45, 7) is 0.300. The Bertz CT molecular complexity index is 625. The van der Waals surface area contributed by atoms with Crippen LogP contribution in [0.5, 0.6) is 0 Å². The summed E-state index contributed by atoms with van der Waals surface area (Å²) in [6.07, 6.45) is 3.60. The number of likely N-dealkylation sites (tertiary alicyclic amines) is 1. The highest BCUT2D eigenvalue weighted by Gasteiger charge is 2.39. The van der Waals surface area contributed by atoms with E-state index in [0.29, 0.717) is 6.54 Å². The zero-order valence-electron chi connectivity index (χ0n) is 10.9. The van der Waals surface area contributed by atoms with Crippen LogP contribution in [0, 0.1) is 0 Å². The van der Waals surface area contributed by atoms with Gasteiger partial charge in [0.1, 0.15) is 0 Å². The second kappa shape index (κ2) is 5.25. The molecule has 4 nitrogen and oxygen atoms in total. The summed E-state index contributed by atoms with van der Waals surface area (Å²) in [6, 6.07) is 13.1. The molecule has 2 heterocycles. The molecule has 1 fully saturated rings. The van der Waals surface area contributed by atoms with Crippen molar-refractivity contribution in [1.29, 1.82) is 0 Å². The van der Waals surface area contributed by atoms with Gasteiger partial charge in [-0.3, -0.25) is 19.5 Å². The number of carbonyl (C=O) groups excluding carboxylic acids is 2. The molecular formula is C16H14N2O2. The van der Waals surface area contributed by atoms with Gasteiger partial charge in [-0.1, -0.05) is 36.4 Å². The molecule has 0 aliphatic carbocycles. The quantitative estimate of drug-likeness (QED) is 0.800. The molecule has 0 saturated carbocycles. The standard InChI is InChI=1S/C16H14N2O2/c19-15-9-14(13-6-2-1-3-7-13)16(20)18(15)11-12-5-4-8-17-10-12/h1-8,10,14H,9,11H2. The number of amides is 2. The molecule has 1 aromatic heterocycles. The second-order valence-corrected chi connectivity index (χ2v) is 4.85. The van der Waals surface area contributed by atoms with E-state index in [4.69, 9.17) is 0 Å². The topological polar surface area (TPSA) is 50.3 Å². The van der Waals surface area contributed by atoms with Crippen molar-refractivity contribution < 1.29 is 9.59 Å². The van der Waals surface area contributed by atoms with E-state index in [2.05, 4.69) is 4.98 Å². The van der Waals surface area contributed by atoms with Gasteiger partial charge in [-0.25, -0.2) is 0 Å². The minimum absolute atomic E-state index is 0.118. The zero-order chi connectivity index (χ0) is 13.9. The summed E-state index contributed by atoms with van der Waals surface area (Å²) in [5, 5.41) is 0. The maximum Gasteiger partial charge on any atom is 0.237 e. The monoisotopic (exact) mass is 266 g/mol. The maximum atomic E-state index is 12.4. The molecule has 1 aliphatic heterocycles. The Morgan fingerprint density at radius 2 is 1.90 bits per heavy atom. The highest BCUT2D eigenvalue weighted by atomic mass is 16.2. The van der Waals surface area contributed by atoms with Gasteiger partial charge in [-0.05, 0) is 17.2 Å². The Hall–Kier alpha value is -2.49. The minimum atomic E-state index is -0.347. The highest BCUT2D eigenvalue weighted by molar-refractivity contribution is 6.06. The fourth-order valence-corrected chi connectivity index (χ4v) is 2.47. The van der Waals surface area contributed by atoms with E-state index in [1.54, 1.807) is 18.5 Å². The van der Waals surface area contributed by atoms with Gasteiger partial charge in [0, 0.05) is 18.8 Å². The molecule has 1 atom stereocenters. The molecule has 4 heteroatoms. The van der Waals surface area contributed by atoms with E-state index in [1.807, 2.05) is 36.4 Å². The fraction of sp³-hybridized carbons (Fsp3) is 0.188. The van der Waals surface area contributed by atoms with Gasteiger partial charge in [0.25, 0.3) is 0 Å². The molecule has 1 saturated heterocycles. The van der Waals surface area contributed by atoms with Gasteiger partial charge in [0.15, 0.2) is 0 Å². The molecule has 0 N–H and O–H groups in total. The van der Waals surface area contributed by atoms with Crippen LogP contribution < -0.4 is 0 Å². The number of benzene rings is 1. The normalized spacial score (nSPS) is 18.6. The first-order valence-corrected chi connectivity index (χ1v) is 6.54. The van der Waals surface area contributed by atoms with Crippen LogP contribution in [-0.2, 0) is 16.1 Å². The number of aromatic nitrogens is 1. The molecule has 2 aromatic rings. The summed E-state index contributed by atoms with van der Waals surface area (Å²) in [4.78, 5) is 29.8. The molecule has 1 unspecified atom stereocenters. The highest BCUT2D eigenvalue weighted by Crippen LogP contribution is 2.30. The Morgan fingerprint density at radius 1 is 1.10 bits per heavy atom. The van der Waals surface area contributed by atoms with E-state index in [9.17, 15) is 9.59 Å². The van der Waals surface area contributed by atoms with Gasteiger partial charge in [-0.15, -0.1) is 0 Å². The third-order valence-electron chi connectivity index (χ3n) is 3.51. The molecule has 0 spiro atoms. The van der Waals surface area contributed by atoms with E-state index in [1.165, 1.54) is 4.90 Å². The molecular weight excluding hydrogens is 252 g/mol.